The predicted octanol–water partition coefficient (Wildman–Crippen LogP) is 4.88. The van der Waals surface area contributed by atoms with E-state index < -0.39 is 0 Å². The second-order valence-electron chi connectivity index (χ2n) is 6.69. The maximum atomic E-state index is 5.66. The van der Waals surface area contributed by atoms with Crippen LogP contribution in [0, 0.1) is 17.3 Å². The molecular weight excluding hydrogens is 196 g/mol. The normalized spacial score (nSPS) is 34.8. The van der Waals surface area contributed by atoms with Crippen molar-refractivity contribution in [3.8, 4) is 0 Å². The van der Waals surface area contributed by atoms with Gasteiger partial charge in [0, 0.05) is 12.3 Å². The molecule has 16 heavy (non-hydrogen) atoms. The van der Waals surface area contributed by atoms with E-state index in [9.17, 15) is 0 Å². The lowest BCUT2D eigenvalue weighted by atomic mass is 9.80. The van der Waals surface area contributed by atoms with Crippen LogP contribution in [0.15, 0.2) is 11.5 Å². The predicted molar refractivity (Wildman–Crippen MR) is 67.9 cm³/mol. The van der Waals surface area contributed by atoms with Crippen molar-refractivity contribution in [1.29, 1.82) is 0 Å². The zero-order valence-corrected chi connectivity index (χ0v) is 11.3. The third kappa shape index (κ3) is 3.02. The molecule has 2 aliphatic rings. The summed E-state index contributed by atoms with van der Waals surface area (Å²) in [4.78, 5) is 0. The first kappa shape index (κ1) is 12.0. The van der Waals surface area contributed by atoms with Crippen LogP contribution >= 0.6 is 0 Å². The second-order valence-corrected chi connectivity index (χ2v) is 6.69. The van der Waals surface area contributed by atoms with Gasteiger partial charge in [-0.15, -0.1) is 0 Å². The Labute approximate surface area is 100 Å². The van der Waals surface area contributed by atoms with Gasteiger partial charge in [-0.05, 0) is 37.0 Å². The molecule has 0 aromatic rings. The fraction of sp³-hybridized carbons (Fsp3) is 0.867. The molecule has 2 unspecified atom stereocenters. The smallest absolute Gasteiger partial charge is 0.145 e. The molecule has 0 N–H and O–H groups in total. The van der Waals surface area contributed by atoms with Crippen LogP contribution in [0.2, 0.25) is 0 Å². The number of ether oxygens (including phenoxy) is 1. The highest BCUT2D eigenvalue weighted by molar-refractivity contribution is 5.20. The zero-order chi connectivity index (χ0) is 11.8. The highest BCUT2D eigenvalue weighted by Gasteiger charge is 2.32. The molecule has 1 heteroatoms. The molecular formula is C15H26O. The van der Waals surface area contributed by atoms with Gasteiger partial charge in [-0.3, -0.25) is 0 Å². The highest BCUT2D eigenvalue weighted by atomic mass is 16.6. The van der Waals surface area contributed by atoms with Gasteiger partial charge < -0.3 is 4.74 Å². The zero-order valence-electron chi connectivity index (χ0n) is 11.3. The molecule has 2 atom stereocenters. The van der Waals surface area contributed by atoms with Gasteiger partial charge in [-0.2, -0.15) is 0 Å². The molecule has 0 radical (unpaired) electrons. The quantitative estimate of drug-likeness (QED) is 0.569. The van der Waals surface area contributed by atoms with E-state index in [2.05, 4.69) is 27.7 Å². The Hall–Kier alpha value is -0.460. The SMILES string of the molecule is CC1CCC(C)(C)CCCC(C)C2=C(C1)O2. The van der Waals surface area contributed by atoms with Gasteiger partial charge in [-0.25, -0.2) is 0 Å². The Bertz CT molecular complexity index is 288. The average molecular weight is 222 g/mol. The van der Waals surface area contributed by atoms with Gasteiger partial charge in [0.2, 0.25) is 0 Å². The van der Waals surface area contributed by atoms with Crippen molar-refractivity contribution in [1.82, 2.24) is 0 Å². The van der Waals surface area contributed by atoms with Crippen molar-refractivity contribution in [3.05, 3.63) is 11.5 Å². The Kier molecular flexibility index (Phi) is 3.32. The third-order valence-electron chi connectivity index (χ3n) is 4.25. The topological polar surface area (TPSA) is 12.5 Å². The molecule has 1 heterocycles. The number of hydrogen-bond acceptors (Lipinski definition) is 1. The van der Waals surface area contributed by atoms with E-state index in [-0.39, 0.29) is 0 Å². The average Bonchev–Trinajstić information content (AvgIpc) is 2.93. The summed E-state index contributed by atoms with van der Waals surface area (Å²) in [6.45, 7) is 9.54. The lowest BCUT2D eigenvalue weighted by molar-refractivity contribution is 0.254. The lowest BCUT2D eigenvalue weighted by Crippen LogP contribution is -2.13. The van der Waals surface area contributed by atoms with Crippen molar-refractivity contribution in [3.63, 3.8) is 0 Å². The first-order valence-electron chi connectivity index (χ1n) is 6.89. The molecule has 0 bridgehead atoms. The fourth-order valence-electron chi connectivity index (χ4n) is 2.82. The third-order valence-corrected chi connectivity index (χ3v) is 4.25. The van der Waals surface area contributed by atoms with Crippen LogP contribution in [0.5, 0.6) is 0 Å². The minimum Gasteiger partial charge on any atom is -0.459 e. The van der Waals surface area contributed by atoms with Crippen molar-refractivity contribution < 1.29 is 4.74 Å². The summed E-state index contributed by atoms with van der Waals surface area (Å²) in [5.41, 5.74) is 0.540. The van der Waals surface area contributed by atoms with E-state index >= 15 is 0 Å². The molecule has 92 valence electrons. The molecule has 0 amide bonds. The van der Waals surface area contributed by atoms with E-state index in [1.165, 1.54) is 50.0 Å². The first-order valence-corrected chi connectivity index (χ1v) is 6.89. The van der Waals surface area contributed by atoms with Crippen LogP contribution in [0.25, 0.3) is 0 Å². The molecule has 0 saturated heterocycles. The van der Waals surface area contributed by atoms with Gasteiger partial charge >= 0.3 is 0 Å². The van der Waals surface area contributed by atoms with Crippen LogP contribution in [0.3, 0.4) is 0 Å². The van der Waals surface area contributed by atoms with Gasteiger partial charge in [-0.1, -0.05) is 34.1 Å². The van der Waals surface area contributed by atoms with Crippen LogP contribution < -0.4 is 0 Å². The summed E-state index contributed by atoms with van der Waals surface area (Å²) in [5.74, 6) is 4.10. The first-order chi connectivity index (χ1) is 7.48. The monoisotopic (exact) mass is 222 g/mol. The molecule has 0 saturated carbocycles. The summed E-state index contributed by atoms with van der Waals surface area (Å²) < 4.78 is 5.66. The van der Waals surface area contributed by atoms with Crippen molar-refractivity contribution in [2.24, 2.45) is 17.3 Å². The second kappa shape index (κ2) is 4.43. The molecule has 0 aromatic carbocycles. The van der Waals surface area contributed by atoms with E-state index in [1.807, 2.05) is 0 Å². The van der Waals surface area contributed by atoms with E-state index in [0.717, 1.165) is 5.92 Å². The van der Waals surface area contributed by atoms with E-state index in [4.69, 9.17) is 4.74 Å². The van der Waals surface area contributed by atoms with Crippen molar-refractivity contribution >= 4 is 0 Å². The van der Waals surface area contributed by atoms with Crippen molar-refractivity contribution in [2.75, 3.05) is 0 Å². The van der Waals surface area contributed by atoms with Gasteiger partial charge in [0.05, 0.1) is 0 Å². The van der Waals surface area contributed by atoms with Crippen molar-refractivity contribution in [2.45, 2.75) is 66.2 Å². The van der Waals surface area contributed by atoms with Gasteiger partial charge in [0.1, 0.15) is 11.5 Å². The number of rotatable bonds is 0. The maximum Gasteiger partial charge on any atom is 0.145 e. The minimum absolute atomic E-state index is 0.540. The molecule has 1 aliphatic heterocycles. The number of allylic oxidation sites excluding steroid dienone is 2. The van der Waals surface area contributed by atoms with Crippen LogP contribution in [-0.2, 0) is 4.74 Å². The molecule has 2 rings (SSSR count). The Morgan fingerprint density at radius 1 is 1.12 bits per heavy atom. The molecule has 0 spiro atoms. The minimum atomic E-state index is 0.540. The summed E-state index contributed by atoms with van der Waals surface area (Å²) in [5, 5.41) is 0. The van der Waals surface area contributed by atoms with Crippen LogP contribution in [0.4, 0.5) is 0 Å². The summed E-state index contributed by atoms with van der Waals surface area (Å²) in [6, 6.07) is 0. The Morgan fingerprint density at radius 3 is 2.62 bits per heavy atom. The molecule has 0 aromatic heterocycles. The lowest BCUT2D eigenvalue weighted by Gasteiger charge is -2.26. The fourth-order valence-corrected chi connectivity index (χ4v) is 2.82. The van der Waals surface area contributed by atoms with Gasteiger partial charge in [0.15, 0.2) is 0 Å². The maximum absolute atomic E-state index is 5.66. The molecule has 1 nitrogen and oxygen atoms in total. The Balaban J connectivity index is 1.99. The van der Waals surface area contributed by atoms with Gasteiger partial charge in [0.25, 0.3) is 0 Å². The molecule has 0 fully saturated rings. The van der Waals surface area contributed by atoms with Crippen LogP contribution in [0.1, 0.15) is 66.2 Å². The standard InChI is InChI=1S/C15H26O/c1-11-7-9-15(3,4)8-5-6-12(2)14-13(10-11)16-14/h11-12H,5-10H2,1-4H3. The Morgan fingerprint density at radius 2 is 1.88 bits per heavy atom. The summed E-state index contributed by atoms with van der Waals surface area (Å²) >= 11 is 0. The largest absolute Gasteiger partial charge is 0.459 e. The highest BCUT2D eigenvalue weighted by Crippen LogP contribution is 2.42. The molecule has 1 aliphatic carbocycles. The summed E-state index contributed by atoms with van der Waals surface area (Å²) in [6.07, 6.45) is 7.91. The van der Waals surface area contributed by atoms with E-state index in [1.54, 1.807) is 0 Å². The van der Waals surface area contributed by atoms with E-state index in [0.29, 0.717) is 11.3 Å². The number of hydrogen-bond donors (Lipinski definition) is 0. The summed E-state index contributed by atoms with van der Waals surface area (Å²) in [7, 11) is 0. The van der Waals surface area contributed by atoms with Crippen LogP contribution in [-0.4, -0.2) is 0 Å².